The van der Waals surface area contributed by atoms with Gasteiger partial charge in [-0.05, 0) is 32.6 Å². The number of carbonyl (C=O) groups is 1. The molecule has 0 amide bonds. The van der Waals surface area contributed by atoms with Crippen LogP contribution in [0.25, 0.3) is 11.1 Å². The van der Waals surface area contributed by atoms with E-state index < -0.39 is 5.97 Å². The van der Waals surface area contributed by atoms with E-state index in [9.17, 15) is 9.90 Å². The minimum atomic E-state index is -1.04. The van der Waals surface area contributed by atoms with E-state index in [1.165, 1.54) is 25.5 Å². The molecule has 0 radical (unpaired) electrons. The quantitative estimate of drug-likeness (QED) is 0.875. The van der Waals surface area contributed by atoms with Crippen molar-refractivity contribution in [2.75, 3.05) is 18.8 Å². The van der Waals surface area contributed by atoms with Crippen molar-refractivity contribution >= 4 is 11.7 Å². The average molecular weight is 355 g/mol. The van der Waals surface area contributed by atoms with Gasteiger partial charge in [-0.1, -0.05) is 6.42 Å². The van der Waals surface area contributed by atoms with Gasteiger partial charge in [-0.25, -0.2) is 4.79 Å². The Morgan fingerprint density at radius 3 is 2.46 bits per heavy atom. The molecule has 2 aliphatic rings. The molecule has 2 aromatic rings. The maximum absolute atomic E-state index is 11.6. The number of aromatic nitrogens is 3. The van der Waals surface area contributed by atoms with Crippen molar-refractivity contribution in [3.63, 3.8) is 0 Å². The molecule has 2 aromatic heterocycles. The van der Waals surface area contributed by atoms with E-state index in [1.54, 1.807) is 12.4 Å². The summed E-state index contributed by atoms with van der Waals surface area (Å²) in [5.41, 5.74) is 8.43. The highest BCUT2D eigenvalue weighted by Crippen LogP contribution is 2.34. The number of rotatable bonds is 4. The Bertz CT molecular complexity index is 819. The van der Waals surface area contributed by atoms with E-state index in [4.69, 9.17) is 5.73 Å². The lowest BCUT2D eigenvalue weighted by Gasteiger charge is -2.42. The van der Waals surface area contributed by atoms with Crippen molar-refractivity contribution in [1.29, 1.82) is 0 Å². The third kappa shape index (κ3) is 2.86. The second-order valence-electron chi connectivity index (χ2n) is 7.40. The van der Waals surface area contributed by atoms with Crippen LogP contribution in [-0.4, -0.2) is 49.9 Å². The Balaban J connectivity index is 1.58. The number of hydrogen-bond donors (Lipinski definition) is 2. The highest BCUT2D eigenvalue weighted by molar-refractivity contribution is 6.01. The molecule has 3 N–H and O–H groups in total. The van der Waals surface area contributed by atoms with Crippen LogP contribution in [0.15, 0.2) is 18.6 Å². The van der Waals surface area contributed by atoms with Gasteiger partial charge in [0, 0.05) is 42.1 Å². The zero-order valence-electron chi connectivity index (χ0n) is 15.1. The molecule has 1 saturated heterocycles. The van der Waals surface area contributed by atoms with Crippen LogP contribution in [0, 0.1) is 6.92 Å². The summed E-state index contributed by atoms with van der Waals surface area (Å²) < 4.78 is 2.06. The van der Waals surface area contributed by atoms with E-state index in [1.807, 2.05) is 6.92 Å². The van der Waals surface area contributed by atoms with E-state index in [-0.39, 0.29) is 11.3 Å². The van der Waals surface area contributed by atoms with Gasteiger partial charge in [-0.3, -0.25) is 9.67 Å². The Kier molecular flexibility index (Phi) is 4.40. The third-order valence-electron chi connectivity index (χ3n) is 5.96. The second-order valence-corrected chi connectivity index (χ2v) is 7.40. The van der Waals surface area contributed by atoms with Crippen molar-refractivity contribution in [1.82, 2.24) is 19.7 Å². The number of likely N-dealkylation sites (tertiary alicyclic amines) is 1. The summed E-state index contributed by atoms with van der Waals surface area (Å²) in [4.78, 5) is 18.3. The van der Waals surface area contributed by atoms with Crippen LogP contribution in [0.4, 0.5) is 5.69 Å². The summed E-state index contributed by atoms with van der Waals surface area (Å²) in [6.07, 6.45) is 10.9. The summed E-state index contributed by atoms with van der Waals surface area (Å²) >= 11 is 0. The van der Waals surface area contributed by atoms with Crippen LogP contribution >= 0.6 is 0 Å². The number of nitrogen functional groups attached to an aromatic ring is 1. The SMILES string of the molecule is Cc1c(-c2cncc(N)c2C(=O)O)cnn1C1CCN(C2CCC2)CC1. The molecule has 0 aromatic carbocycles. The minimum absolute atomic E-state index is 0.0995. The maximum atomic E-state index is 11.6. The normalized spacial score (nSPS) is 19.4. The van der Waals surface area contributed by atoms with Crippen LogP contribution in [0.3, 0.4) is 0 Å². The van der Waals surface area contributed by atoms with Crippen LogP contribution in [-0.2, 0) is 0 Å². The number of hydrogen-bond acceptors (Lipinski definition) is 5. The Hall–Kier alpha value is -2.41. The largest absolute Gasteiger partial charge is 0.478 e. The molecule has 1 aliphatic heterocycles. The minimum Gasteiger partial charge on any atom is -0.478 e. The lowest BCUT2D eigenvalue weighted by molar-refractivity contribution is 0.0699. The van der Waals surface area contributed by atoms with Gasteiger partial charge in [0.25, 0.3) is 0 Å². The summed E-state index contributed by atoms with van der Waals surface area (Å²) in [5.74, 6) is -1.04. The number of carboxylic acid groups (broad SMARTS) is 1. The molecule has 1 aliphatic carbocycles. The fraction of sp³-hybridized carbons (Fsp3) is 0.526. The molecule has 0 spiro atoms. The molecule has 7 heteroatoms. The smallest absolute Gasteiger partial charge is 0.338 e. The standard InChI is InChI=1S/C19H25N5O2/c1-12-15(16-9-21-11-17(20)18(16)19(25)26)10-22-24(12)14-5-7-23(8-6-14)13-3-2-4-13/h9-11,13-14H,2-8,20H2,1H3,(H,25,26). The van der Waals surface area contributed by atoms with Gasteiger partial charge in [0.05, 0.1) is 29.7 Å². The molecule has 0 unspecified atom stereocenters. The van der Waals surface area contributed by atoms with Crippen LogP contribution in [0.1, 0.15) is 54.2 Å². The number of pyridine rings is 1. The third-order valence-corrected chi connectivity index (χ3v) is 5.96. The first-order valence-corrected chi connectivity index (χ1v) is 9.31. The predicted molar refractivity (Wildman–Crippen MR) is 99.0 cm³/mol. The molecule has 3 heterocycles. The number of nitrogens with two attached hydrogens (primary N) is 1. The lowest BCUT2D eigenvalue weighted by atomic mass is 9.89. The number of nitrogens with zero attached hydrogens (tertiary/aromatic N) is 4. The zero-order valence-corrected chi connectivity index (χ0v) is 15.1. The van der Waals surface area contributed by atoms with Crippen molar-refractivity contribution in [3.05, 3.63) is 29.8 Å². The second kappa shape index (κ2) is 6.72. The van der Waals surface area contributed by atoms with Gasteiger partial charge >= 0.3 is 5.97 Å². The van der Waals surface area contributed by atoms with Gasteiger partial charge < -0.3 is 15.7 Å². The van der Waals surface area contributed by atoms with Gasteiger partial charge in [-0.15, -0.1) is 0 Å². The molecule has 0 bridgehead atoms. The topological polar surface area (TPSA) is 97.3 Å². The first kappa shape index (κ1) is 17.0. The van der Waals surface area contributed by atoms with E-state index in [0.717, 1.165) is 43.2 Å². The summed E-state index contributed by atoms with van der Waals surface area (Å²) in [5, 5.41) is 14.1. The molecule has 4 rings (SSSR count). The zero-order chi connectivity index (χ0) is 18.3. The number of carboxylic acids is 1. The Morgan fingerprint density at radius 2 is 1.85 bits per heavy atom. The predicted octanol–water partition coefficient (Wildman–Crippen LogP) is 2.72. The number of aromatic carboxylic acids is 1. The number of piperidine rings is 1. The average Bonchev–Trinajstić information content (AvgIpc) is 2.95. The molecule has 1 saturated carbocycles. The monoisotopic (exact) mass is 355 g/mol. The molecular weight excluding hydrogens is 330 g/mol. The lowest BCUT2D eigenvalue weighted by Crippen LogP contribution is -2.45. The fourth-order valence-electron chi connectivity index (χ4n) is 4.22. The van der Waals surface area contributed by atoms with Crippen molar-refractivity contribution < 1.29 is 9.90 Å². The van der Waals surface area contributed by atoms with Crippen molar-refractivity contribution in [2.45, 2.75) is 51.1 Å². The summed E-state index contributed by atoms with van der Waals surface area (Å²) in [7, 11) is 0. The maximum Gasteiger partial charge on any atom is 0.338 e. The van der Waals surface area contributed by atoms with E-state index >= 15 is 0 Å². The highest BCUT2D eigenvalue weighted by atomic mass is 16.4. The van der Waals surface area contributed by atoms with Crippen LogP contribution in [0.5, 0.6) is 0 Å². The van der Waals surface area contributed by atoms with Crippen LogP contribution < -0.4 is 5.73 Å². The molecule has 26 heavy (non-hydrogen) atoms. The highest BCUT2D eigenvalue weighted by Gasteiger charge is 2.30. The van der Waals surface area contributed by atoms with Crippen LogP contribution in [0.2, 0.25) is 0 Å². The molecule has 0 atom stereocenters. The summed E-state index contributed by atoms with van der Waals surface area (Å²) in [6, 6.07) is 1.16. The molecular formula is C19H25N5O2. The number of anilines is 1. The Morgan fingerprint density at radius 1 is 1.12 bits per heavy atom. The summed E-state index contributed by atoms with van der Waals surface area (Å²) in [6.45, 7) is 4.23. The fourth-order valence-corrected chi connectivity index (χ4v) is 4.22. The Labute approximate surface area is 152 Å². The van der Waals surface area contributed by atoms with E-state index in [2.05, 4.69) is 19.7 Å². The molecule has 138 valence electrons. The van der Waals surface area contributed by atoms with Crippen molar-refractivity contribution in [3.8, 4) is 11.1 Å². The first-order chi connectivity index (χ1) is 12.6. The van der Waals surface area contributed by atoms with Gasteiger partial charge in [-0.2, -0.15) is 5.10 Å². The first-order valence-electron chi connectivity index (χ1n) is 9.31. The van der Waals surface area contributed by atoms with Crippen molar-refractivity contribution in [2.24, 2.45) is 0 Å². The van der Waals surface area contributed by atoms with Gasteiger partial charge in [0.1, 0.15) is 0 Å². The van der Waals surface area contributed by atoms with E-state index in [0.29, 0.717) is 11.6 Å². The molecule has 2 fully saturated rings. The van der Waals surface area contributed by atoms with Gasteiger partial charge in [0.2, 0.25) is 0 Å². The molecule has 7 nitrogen and oxygen atoms in total. The van der Waals surface area contributed by atoms with Gasteiger partial charge in [0.15, 0.2) is 0 Å².